The number of nitrogens with zero attached hydrogens (tertiary/aromatic N) is 1. The minimum Gasteiger partial charge on any atom is -0.466 e. The topological polar surface area (TPSA) is 87.7 Å². The molecule has 0 spiro atoms. The van der Waals surface area contributed by atoms with Gasteiger partial charge in [0.05, 0.1) is 12.5 Å². The van der Waals surface area contributed by atoms with Crippen LogP contribution in [0, 0.1) is 5.92 Å². The van der Waals surface area contributed by atoms with Crippen LogP contribution in [0.3, 0.4) is 0 Å². The molecule has 7 nitrogen and oxygen atoms in total. The third-order valence-electron chi connectivity index (χ3n) is 5.32. The van der Waals surface area contributed by atoms with Crippen molar-refractivity contribution in [2.75, 3.05) is 25.0 Å². The Labute approximate surface area is 193 Å². The predicted molar refractivity (Wildman–Crippen MR) is 123 cm³/mol. The molecule has 1 saturated heterocycles. The summed E-state index contributed by atoms with van der Waals surface area (Å²) >= 11 is 5.98. The Hall–Kier alpha value is -3.06. The molecule has 1 fully saturated rings. The van der Waals surface area contributed by atoms with Crippen LogP contribution in [0.4, 0.5) is 10.5 Å². The van der Waals surface area contributed by atoms with E-state index in [1.165, 1.54) is 0 Å². The van der Waals surface area contributed by atoms with Gasteiger partial charge in [0, 0.05) is 30.2 Å². The number of benzene rings is 2. The lowest BCUT2D eigenvalue weighted by atomic mass is 9.96. The van der Waals surface area contributed by atoms with E-state index in [1.807, 2.05) is 30.3 Å². The van der Waals surface area contributed by atoms with Crippen molar-refractivity contribution in [3.63, 3.8) is 0 Å². The first-order valence-electron chi connectivity index (χ1n) is 10.8. The summed E-state index contributed by atoms with van der Waals surface area (Å²) in [6.45, 7) is 2.91. The number of piperidine rings is 1. The summed E-state index contributed by atoms with van der Waals surface area (Å²) in [4.78, 5) is 39.9. The molecule has 2 unspecified atom stereocenters. The van der Waals surface area contributed by atoms with Gasteiger partial charge >= 0.3 is 12.0 Å². The maximum absolute atomic E-state index is 13.4. The fourth-order valence-electron chi connectivity index (χ4n) is 3.79. The molecule has 8 heteroatoms. The fraction of sp³-hybridized carbons (Fsp3) is 0.375. The molecule has 2 aromatic carbocycles. The highest BCUT2D eigenvalue weighted by Crippen LogP contribution is 2.20. The van der Waals surface area contributed by atoms with Crippen LogP contribution in [0.15, 0.2) is 54.6 Å². The standard InChI is InChI=1S/C24H28ClN3O4/c1-2-32-23(30)18-10-7-13-28(16-18)22(29)21(14-17-8-4-3-5-9-17)27-24(31)26-20-12-6-11-19(25)15-20/h3-6,8-9,11-12,15,18,21H,2,7,10,13-14,16H2,1H3,(H2,26,27,31). The quantitative estimate of drug-likeness (QED) is 0.618. The molecule has 0 radical (unpaired) electrons. The van der Waals surface area contributed by atoms with Crippen LogP contribution in [0.2, 0.25) is 5.02 Å². The van der Waals surface area contributed by atoms with Crippen molar-refractivity contribution in [2.45, 2.75) is 32.2 Å². The zero-order valence-corrected chi connectivity index (χ0v) is 18.8. The molecule has 2 N–H and O–H groups in total. The molecule has 1 aliphatic heterocycles. The highest BCUT2D eigenvalue weighted by atomic mass is 35.5. The van der Waals surface area contributed by atoms with Crippen LogP contribution in [-0.4, -0.2) is 48.5 Å². The molecular formula is C24H28ClN3O4. The number of rotatable bonds is 7. The lowest BCUT2D eigenvalue weighted by molar-refractivity contribution is -0.151. The summed E-state index contributed by atoms with van der Waals surface area (Å²) in [6, 6.07) is 15.0. The van der Waals surface area contributed by atoms with Gasteiger partial charge in [-0.05, 0) is 43.5 Å². The number of carbonyl (C=O) groups is 3. The Kier molecular flexibility index (Phi) is 8.50. The third-order valence-corrected chi connectivity index (χ3v) is 5.56. The van der Waals surface area contributed by atoms with E-state index in [2.05, 4.69) is 10.6 Å². The lowest BCUT2D eigenvalue weighted by Gasteiger charge is -2.34. The van der Waals surface area contributed by atoms with Gasteiger partial charge < -0.3 is 20.3 Å². The van der Waals surface area contributed by atoms with Crippen LogP contribution in [0.5, 0.6) is 0 Å². The van der Waals surface area contributed by atoms with Gasteiger partial charge in [0.2, 0.25) is 5.91 Å². The summed E-state index contributed by atoms with van der Waals surface area (Å²) in [5, 5.41) is 6.02. The van der Waals surface area contributed by atoms with Crippen LogP contribution < -0.4 is 10.6 Å². The number of likely N-dealkylation sites (tertiary alicyclic amines) is 1. The van der Waals surface area contributed by atoms with Crippen LogP contribution in [-0.2, 0) is 20.7 Å². The number of anilines is 1. The first-order chi connectivity index (χ1) is 15.5. The van der Waals surface area contributed by atoms with E-state index in [0.29, 0.717) is 49.7 Å². The molecule has 1 aliphatic rings. The van der Waals surface area contributed by atoms with E-state index in [1.54, 1.807) is 36.1 Å². The maximum Gasteiger partial charge on any atom is 0.319 e. The Morgan fingerprint density at radius 2 is 1.94 bits per heavy atom. The largest absolute Gasteiger partial charge is 0.466 e. The number of urea groups is 1. The molecule has 32 heavy (non-hydrogen) atoms. The third kappa shape index (κ3) is 6.72. The molecule has 2 atom stereocenters. The molecule has 3 rings (SSSR count). The second-order valence-electron chi connectivity index (χ2n) is 7.73. The van der Waals surface area contributed by atoms with E-state index in [9.17, 15) is 14.4 Å². The minimum absolute atomic E-state index is 0.218. The number of nitrogens with one attached hydrogen (secondary N) is 2. The second kappa shape index (κ2) is 11.5. The van der Waals surface area contributed by atoms with E-state index in [0.717, 1.165) is 5.56 Å². The number of esters is 1. The van der Waals surface area contributed by atoms with Gasteiger partial charge in [0.1, 0.15) is 6.04 Å². The number of amides is 3. The number of hydrogen-bond acceptors (Lipinski definition) is 4. The highest BCUT2D eigenvalue weighted by molar-refractivity contribution is 6.30. The molecule has 2 aromatic rings. The summed E-state index contributed by atoms with van der Waals surface area (Å²) in [7, 11) is 0. The van der Waals surface area contributed by atoms with Gasteiger partial charge in [-0.1, -0.05) is 48.0 Å². The van der Waals surface area contributed by atoms with Crippen molar-refractivity contribution in [3.05, 3.63) is 65.2 Å². The first-order valence-corrected chi connectivity index (χ1v) is 11.2. The molecule has 170 valence electrons. The smallest absolute Gasteiger partial charge is 0.319 e. The second-order valence-corrected chi connectivity index (χ2v) is 8.16. The zero-order valence-electron chi connectivity index (χ0n) is 18.1. The van der Waals surface area contributed by atoms with E-state index in [4.69, 9.17) is 16.3 Å². The number of carbonyl (C=O) groups excluding carboxylic acids is 3. The van der Waals surface area contributed by atoms with Crippen LogP contribution in [0.25, 0.3) is 0 Å². The summed E-state index contributed by atoms with van der Waals surface area (Å²) in [5.74, 6) is -0.842. The van der Waals surface area contributed by atoms with Gasteiger partial charge in [0.25, 0.3) is 0 Å². The van der Waals surface area contributed by atoms with Crippen molar-refractivity contribution in [1.82, 2.24) is 10.2 Å². The maximum atomic E-state index is 13.4. The molecular weight excluding hydrogens is 430 g/mol. The van der Waals surface area contributed by atoms with Crippen molar-refractivity contribution < 1.29 is 19.1 Å². The van der Waals surface area contributed by atoms with Gasteiger partial charge in [-0.3, -0.25) is 9.59 Å². The van der Waals surface area contributed by atoms with Gasteiger partial charge in [-0.2, -0.15) is 0 Å². The zero-order chi connectivity index (χ0) is 22.9. The van der Waals surface area contributed by atoms with Gasteiger partial charge in [-0.25, -0.2) is 4.79 Å². The minimum atomic E-state index is -0.780. The summed E-state index contributed by atoms with van der Waals surface area (Å²) in [5.41, 5.74) is 1.45. The fourth-order valence-corrected chi connectivity index (χ4v) is 3.98. The van der Waals surface area contributed by atoms with Gasteiger partial charge in [0.15, 0.2) is 0 Å². The van der Waals surface area contributed by atoms with E-state index >= 15 is 0 Å². The normalized spacial score (nSPS) is 16.7. The molecule has 0 aromatic heterocycles. The van der Waals surface area contributed by atoms with Crippen molar-refractivity contribution in [2.24, 2.45) is 5.92 Å². The molecule has 0 saturated carbocycles. The SMILES string of the molecule is CCOC(=O)C1CCCN(C(=O)C(Cc2ccccc2)NC(=O)Nc2cccc(Cl)c2)C1. The lowest BCUT2D eigenvalue weighted by Crippen LogP contribution is -2.53. The van der Waals surface area contributed by atoms with Crippen LogP contribution in [0.1, 0.15) is 25.3 Å². The molecule has 0 aliphatic carbocycles. The summed E-state index contributed by atoms with van der Waals surface area (Å²) in [6.07, 6.45) is 1.74. The first kappa shape index (κ1) is 23.6. The van der Waals surface area contributed by atoms with Crippen molar-refractivity contribution in [1.29, 1.82) is 0 Å². The monoisotopic (exact) mass is 457 g/mol. The molecule has 1 heterocycles. The Morgan fingerprint density at radius 1 is 1.16 bits per heavy atom. The molecule has 0 bridgehead atoms. The predicted octanol–water partition coefficient (Wildman–Crippen LogP) is 3.87. The Bertz CT molecular complexity index is 938. The van der Waals surface area contributed by atoms with Crippen molar-refractivity contribution >= 4 is 35.2 Å². The van der Waals surface area contributed by atoms with Crippen LogP contribution >= 0.6 is 11.6 Å². The van der Waals surface area contributed by atoms with Crippen molar-refractivity contribution in [3.8, 4) is 0 Å². The summed E-state index contributed by atoms with van der Waals surface area (Å²) < 4.78 is 5.14. The number of hydrogen-bond donors (Lipinski definition) is 2. The average Bonchev–Trinajstić information content (AvgIpc) is 2.79. The average molecular weight is 458 g/mol. The van der Waals surface area contributed by atoms with Gasteiger partial charge in [-0.15, -0.1) is 0 Å². The number of ether oxygens (including phenoxy) is 1. The van der Waals surface area contributed by atoms with E-state index < -0.39 is 12.1 Å². The molecule has 3 amide bonds. The number of halogens is 1. The Morgan fingerprint density at radius 3 is 2.66 bits per heavy atom. The Balaban J connectivity index is 1.72. The van der Waals surface area contributed by atoms with E-state index in [-0.39, 0.29) is 17.8 Å². The highest BCUT2D eigenvalue weighted by Gasteiger charge is 2.33.